The molecule has 12 heteroatoms. The second kappa shape index (κ2) is 10.0. The number of hydrogen-bond donors (Lipinski definition) is 3. The molecular formula is C21H20F3N5O4. The minimum atomic E-state index is -4.47. The van der Waals surface area contributed by atoms with Crippen LogP contribution < -0.4 is 21.1 Å². The van der Waals surface area contributed by atoms with Crippen molar-refractivity contribution in [2.45, 2.75) is 19.0 Å². The topological polar surface area (TPSA) is 117 Å². The Morgan fingerprint density at radius 3 is 2.24 bits per heavy atom. The molecule has 0 atom stereocenters. The molecule has 1 aliphatic rings. The quantitative estimate of drug-likeness (QED) is 0.352. The average Bonchev–Trinajstić information content (AvgIpc) is 2.78. The van der Waals surface area contributed by atoms with Gasteiger partial charge in [0.2, 0.25) is 5.91 Å². The number of urea groups is 1. The van der Waals surface area contributed by atoms with Gasteiger partial charge in [-0.1, -0.05) is 11.6 Å². The van der Waals surface area contributed by atoms with Crippen molar-refractivity contribution in [1.82, 2.24) is 10.9 Å². The lowest BCUT2D eigenvalue weighted by atomic mass is 10.0. The van der Waals surface area contributed by atoms with Crippen molar-refractivity contribution >= 4 is 29.0 Å². The Bertz CT molecular complexity index is 1050. The van der Waals surface area contributed by atoms with Gasteiger partial charge in [0.25, 0.3) is 5.69 Å². The Balaban J connectivity index is 1.42. The summed E-state index contributed by atoms with van der Waals surface area (Å²) in [6.45, 7) is 1.15. The third-order valence-corrected chi connectivity index (χ3v) is 4.90. The second-order valence-electron chi connectivity index (χ2n) is 7.21. The number of nitrogens with one attached hydrogen (secondary N) is 3. The Labute approximate surface area is 186 Å². The number of alkyl halides is 3. The average molecular weight is 463 g/mol. The molecule has 2 aromatic rings. The van der Waals surface area contributed by atoms with Gasteiger partial charge in [-0.15, -0.1) is 0 Å². The number of halogens is 3. The third-order valence-electron chi connectivity index (χ3n) is 4.90. The van der Waals surface area contributed by atoms with E-state index < -0.39 is 28.6 Å². The fraction of sp³-hybridized carbons (Fsp3) is 0.238. The summed E-state index contributed by atoms with van der Waals surface area (Å²) < 4.78 is 37.7. The largest absolute Gasteiger partial charge is 0.416 e. The van der Waals surface area contributed by atoms with Crippen molar-refractivity contribution in [3.8, 4) is 0 Å². The predicted molar refractivity (Wildman–Crippen MR) is 114 cm³/mol. The maximum atomic E-state index is 12.6. The zero-order valence-electron chi connectivity index (χ0n) is 17.2. The third kappa shape index (κ3) is 6.69. The first-order chi connectivity index (χ1) is 15.6. The summed E-state index contributed by atoms with van der Waals surface area (Å²) in [5.74, 6) is -0.451. The van der Waals surface area contributed by atoms with Crippen LogP contribution in [0.3, 0.4) is 0 Å². The highest BCUT2D eigenvalue weighted by Gasteiger charge is 2.30. The molecule has 1 aliphatic heterocycles. The monoisotopic (exact) mass is 463 g/mol. The van der Waals surface area contributed by atoms with Crippen LogP contribution in [0.5, 0.6) is 0 Å². The molecule has 0 aromatic heterocycles. The maximum Gasteiger partial charge on any atom is 0.416 e. The Hall–Kier alpha value is -4.09. The summed E-state index contributed by atoms with van der Waals surface area (Å²) in [5.41, 5.74) is 5.41. The van der Waals surface area contributed by atoms with Crippen LogP contribution in [-0.4, -0.2) is 30.0 Å². The van der Waals surface area contributed by atoms with Crippen LogP contribution in [0, 0.1) is 10.1 Å². The molecule has 3 amide bonds. The Morgan fingerprint density at radius 2 is 1.70 bits per heavy atom. The van der Waals surface area contributed by atoms with Crippen molar-refractivity contribution in [3.63, 3.8) is 0 Å². The first kappa shape index (κ1) is 23.6. The zero-order chi connectivity index (χ0) is 24.0. The predicted octanol–water partition coefficient (Wildman–Crippen LogP) is 3.99. The van der Waals surface area contributed by atoms with Crippen LogP contribution in [0.1, 0.15) is 18.4 Å². The first-order valence-corrected chi connectivity index (χ1v) is 9.82. The van der Waals surface area contributed by atoms with Gasteiger partial charge in [-0.25, -0.2) is 10.2 Å². The van der Waals surface area contributed by atoms with Crippen molar-refractivity contribution in [1.29, 1.82) is 0 Å². The van der Waals surface area contributed by atoms with Crippen LogP contribution in [0.2, 0.25) is 0 Å². The summed E-state index contributed by atoms with van der Waals surface area (Å²) in [6.07, 6.45) is -1.93. The van der Waals surface area contributed by atoms with Gasteiger partial charge < -0.3 is 10.2 Å². The number of non-ortho nitro benzene ring substituents is 1. The number of nitrogens with zero attached hydrogens (tertiary/aromatic N) is 2. The molecule has 0 fully saturated rings. The number of hydrogen-bond acceptors (Lipinski definition) is 5. The van der Waals surface area contributed by atoms with E-state index in [-0.39, 0.29) is 17.8 Å². The molecule has 3 rings (SSSR count). The fourth-order valence-electron chi connectivity index (χ4n) is 3.17. The number of anilines is 2. The summed E-state index contributed by atoms with van der Waals surface area (Å²) >= 11 is 0. The molecular weight excluding hydrogens is 443 g/mol. The highest BCUT2D eigenvalue weighted by molar-refractivity contribution is 5.91. The van der Waals surface area contributed by atoms with E-state index in [1.807, 2.05) is 11.0 Å². The van der Waals surface area contributed by atoms with Crippen LogP contribution in [0.4, 0.5) is 35.0 Å². The van der Waals surface area contributed by atoms with Gasteiger partial charge in [0.15, 0.2) is 0 Å². The molecule has 0 unspecified atom stereocenters. The SMILES string of the molecule is O=C(CC1=CCN(c2ccc([N+](=O)[O-])cc2)CC1)NNC(=O)Nc1ccc(C(F)(F)F)cc1. The number of carbonyl (C=O) groups is 2. The molecule has 174 valence electrons. The van der Waals surface area contributed by atoms with Gasteiger partial charge in [0, 0.05) is 43.0 Å². The van der Waals surface area contributed by atoms with Crippen LogP contribution >= 0.6 is 0 Å². The minimum absolute atomic E-state index is 0.0125. The van der Waals surface area contributed by atoms with Gasteiger partial charge in [0.1, 0.15) is 0 Å². The standard InChI is InChI=1S/C21H20F3N5O4/c22-21(23,24)15-1-3-16(4-2-15)25-20(31)27-26-19(30)13-14-9-11-28(12-10-14)17-5-7-18(8-6-17)29(32)33/h1-9H,10-13H2,(H,26,30)(H2,25,27,31). The van der Waals surface area contributed by atoms with Crippen LogP contribution in [-0.2, 0) is 11.0 Å². The number of carbonyl (C=O) groups excluding carboxylic acids is 2. The van der Waals surface area contributed by atoms with Gasteiger partial charge in [-0.3, -0.25) is 20.3 Å². The van der Waals surface area contributed by atoms with E-state index >= 15 is 0 Å². The van der Waals surface area contributed by atoms with Gasteiger partial charge in [-0.05, 0) is 42.8 Å². The van der Waals surface area contributed by atoms with E-state index in [4.69, 9.17) is 0 Å². The molecule has 0 aliphatic carbocycles. The van der Waals surface area contributed by atoms with Crippen LogP contribution in [0.15, 0.2) is 60.2 Å². The van der Waals surface area contributed by atoms with E-state index in [0.717, 1.165) is 35.5 Å². The molecule has 0 spiro atoms. The first-order valence-electron chi connectivity index (χ1n) is 9.82. The summed E-state index contributed by atoms with van der Waals surface area (Å²) in [5, 5.41) is 13.1. The lowest BCUT2D eigenvalue weighted by Gasteiger charge is -2.28. The minimum Gasteiger partial charge on any atom is -0.367 e. The van der Waals surface area contributed by atoms with Crippen molar-refractivity contribution < 1.29 is 27.7 Å². The number of nitro benzene ring substituents is 1. The van der Waals surface area contributed by atoms with Crippen LogP contribution in [0.25, 0.3) is 0 Å². The summed E-state index contributed by atoms with van der Waals surface area (Å²) in [4.78, 5) is 36.2. The molecule has 0 radical (unpaired) electrons. The Kier molecular flexibility index (Phi) is 7.16. The molecule has 0 bridgehead atoms. The van der Waals surface area contributed by atoms with Crippen molar-refractivity contribution in [2.24, 2.45) is 0 Å². The highest BCUT2D eigenvalue weighted by atomic mass is 19.4. The molecule has 0 saturated carbocycles. The fourth-order valence-corrected chi connectivity index (χ4v) is 3.17. The number of hydrazine groups is 1. The lowest BCUT2D eigenvalue weighted by Crippen LogP contribution is -2.44. The van der Waals surface area contributed by atoms with E-state index in [1.54, 1.807) is 12.1 Å². The van der Waals surface area contributed by atoms with E-state index in [0.29, 0.717) is 19.5 Å². The zero-order valence-corrected chi connectivity index (χ0v) is 17.2. The maximum absolute atomic E-state index is 12.6. The molecule has 0 saturated heterocycles. The normalized spacial score (nSPS) is 13.7. The van der Waals surface area contributed by atoms with E-state index in [9.17, 15) is 32.9 Å². The van der Waals surface area contributed by atoms with Gasteiger partial charge in [0.05, 0.1) is 10.5 Å². The van der Waals surface area contributed by atoms with Gasteiger partial charge >= 0.3 is 12.2 Å². The summed E-state index contributed by atoms with van der Waals surface area (Å²) in [6, 6.07) is 9.29. The number of rotatable bonds is 5. The molecule has 9 nitrogen and oxygen atoms in total. The molecule has 33 heavy (non-hydrogen) atoms. The smallest absolute Gasteiger partial charge is 0.367 e. The number of nitro groups is 1. The summed E-state index contributed by atoms with van der Waals surface area (Å²) in [7, 11) is 0. The van der Waals surface area contributed by atoms with E-state index in [1.165, 1.54) is 12.1 Å². The molecule has 1 heterocycles. The molecule has 3 N–H and O–H groups in total. The molecule has 2 aromatic carbocycles. The Morgan fingerprint density at radius 1 is 1.03 bits per heavy atom. The van der Waals surface area contributed by atoms with Crippen molar-refractivity contribution in [3.05, 3.63) is 75.9 Å². The second-order valence-corrected chi connectivity index (χ2v) is 7.21. The van der Waals surface area contributed by atoms with Gasteiger partial charge in [-0.2, -0.15) is 13.2 Å². The van der Waals surface area contributed by atoms with E-state index in [2.05, 4.69) is 16.2 Å². The lowest BCUT2D eigenvalue weighted by molar-refractivity contribution is -0.384. The highest BCUT2D eigenvalue weighted by Crippen LogP contribution is 2.29. The number of amides is 3. The number of benzene rings is 2. The van der Waals surface area contributed by atoms with Crippen molar-refractivity contribution in [2.75, 3.05) is 23.3 Å².